The van der Waals surface area contributed by atoms with E-state index in [2.05, 4.69) is 20.0 Å². The van der Waals surface area contributed by atoms with Crippen LogP contribution in [0.1, 0.15) is 31.3 Å². The summed E-state index contributed by atoms with van der Waals surface area (Å²) in [5, 5.41) is 11.7. The van der Waals surface area contributed by atoms with Crippen molar-refractivity contribution in [1.29, 1.82) is 0 Å². The zero-order chi connectivity index (χ0) is 17.0. The first-order valence-electron chi connectivity index (χ1n) is 6.17. The number of ether oxygens (including phenoxy) is 1. The summed E-state index contributed by atoms with van der Waals surface area (Å²) in [5.41, 5.74) is -0.758. The molecule has 0 spiro atoms. The topological polar surface area (TPSA) is 118 Å². The molecular formula is C14H10ClN3O5. The Morgan fingerprint density at radius 1 is 1.17 bits per heavy atom. The third kappa shape index (κ3) is 3.61. The zero-order valence-corrected chi connectivity index (χ0v) is 12.5. The van der Waals surface area contributed by atoms with Crippen LogP contribution in [0, 0.1) is 0 Å². The van der Waals surface area contributed by atoms with Gasteiger partial charge in [0, 0.05) is 17.4 Å². The lowest BCUT2D eigenvalue weighted by molar-refractivity contribution is 0.0600. The highest BCUT2D eigenvalue weighted by Gasteiger charge is 2.21. The molecule has 2 rings (SSSR count). The molecular weight excluding hydrogens is 326 g/mol. The van der Waals surface area contributed by atoms with Crippen molar-refractivity contribution in [3.63, 3.8) is 0 Å². The zero-order valence-electron chi connectivity index (χ0n) is 11.7. The van der Waals surface area contributed by atoms with Gasteiger partial charge in [-0.25, -0.2) is 19.6 Å². The number of amides is 1. The number of aromatic carboxylic acids is 1. The average molecular weight is 336 g/mol. The molecule has 2 N–H and O–H groups in total. The first kappa shape index (κ1) is 16.4. The van der Waals surface area contributed by atoms with Gasteiger partial charge in [-0.3, -0.25) is 4.79 Å². The van der Waals surface area contributed by atoms with Crippen LogP contribution in [0.15, 0.2) is 30.6 Å². The number of halogens is 1. The number of aromatic nitrogens is 2. The summed E-state index contributed by atoms with van der Waals surface area (Å²) >= 11 is 5.82. The Bertz CT molecular complexity index is 794. The average Bonchev–Trinajstić information content (AvgIpc) is 2.55. The van der Waals surface area contributed by atoms with Crippen molar-refractivity contribution in [3.8, 4) is 0 Å². The molecule has 8 nitrogen and oxygen atoms in total. The van der Waals surface area contributed by atoms with Crippen molar-refractivity contribution < 1.29 is 24.2 Å². The highest BCUT2D eigenvalue weighted by Crippen LogP contribution is 2.22. The van der Waals surface area contributed by atoms with Crippen LogP contribution in [0.3, 0.4) is 0 Å². The first-order valence-corrected chi connectivity index (χ1v) is 6.55. The first-order chi connectivity index (χ1) is 10.9. The van der Waals surface area contributed by atoms with E-state index in [1.165, 1.54) is 31.5 Å². The molecule has 1 heterocycles. The van der Waals surface area contributed by atoms with Crippen LogP contribution in [0.2, 0.25) is 5.02 Å². The van der Waals surface area contributed by atoms with Crippen molar-refractivity contribution in [3.05, 3.63) is 52.6 Å². The van der Waals surface area contributed by atoms with Crippen LogP contribution in [0.5, 0.6) is 0 Å². The minimum Gasteiger partial charge on any atom is -0.476 e. The molecule has 23 heavy (non-hydrogen) atoms. The van der Waals surface area contributed by atoms with Gasteiger partial charge in [0.05, 0.1) is 18.4 Å². The Morgan fingerprint density at radius 3 is 2.43 bits per heavy atom. The van der Waals surface area contributed by atoms with E-state index < -0.39 is 23.5 Å². The van der Waals surface area contributed by atoms with Gasteiger partial charge in [0.25, 0.3) is 5.91 Å². The Labute approximate surface area is 135 Å². The molecule has 0 saturated carbocycles. The van der Waals surface area contributed by atoms with Gasteiger partial charge < -0.3 is 15.2 Å². The fourth-order valence-electron chi connectivity index (χ4n) is 1.75. The summed E-state index contributed by atoms with van der Waals surface area (Å²) in [6.45, 7) is 0. The van der Waals surface area contributed by atoms with E-state index in [-0.39, 0.29) is 22.0 Å². The summed E-state index contributed by atoms with van der Waals surface area (Å²) in [5.74, 6) is -2.93. The summed E-state index contributed by atoms with van der Waals surface area (Å²) in [7, 11) is 1.18. The maximum atomic E-state index is 12.2. The number of methoxy groups -OCH3 is 1. The number of carbonyl (C=O) groups is 3. The molecule has 0 bridgehead atoms. The van der Waals surface area contributed by atoms with Crippen LogP contribution >= 0.6 is 11.6 Å². The van der Waals surface area contributed by atoms with Crippen LogP contribution in [0.4, 0.5) is 5.69 Å². The van der Waals surface area contributed by atoms with Crippen LogP contribution < -0.4 is 5.32 Å². The lowest BCUT2D eigenvalue weighted by Crippen LogP contribution is -2.20. The fraction of sp³-hybridized carbons (Fsp3) is 0.0714. The lowest BCUT2D eigenvalue weighted by atomic mass is 10.1. The van der Waals surface area contributed by atoms with Crippen molar-refractivity contribution in [2.45, 2.75) is 0 Å². The highest BCUT2D eigenvalue weighted by atomic mass is 35.5. The Balaban J connectivity index is 2.39. The fourth-order valence-corrected chi connectivity index (χ4v) is 1.92. The number of nitrogens with zero attached hydrogens (tertiary/aromatic N) is 2. The maximum absolute atomic E-state index is 12.2. The number of anilines is 1. The molecule has 2 aromatic rings. The van der Waals surface area contributed by atoms with Gasteiger partial charge in [-0.1, -0.05) is 11.6 Å². The molecule has 0 fully saturated rings. The van der Waals surface area contributed by atoms with Crippen LogP contribution in [-0.2, 0) is 4.74 Å². The number of carboxylic acid groups (broad SMARTS) is 1. The molecule has 9 heteroatoms. The highest BCUT2D eigenvalue weighted by molar-refractivity contribution is 6.31. The molecule has 0 aliphatic rings. The number of nitrogens with one attached hydrogen (secondary N) is 1. The van der Waals surface area contributed by atoms with Crippen molar-refractivity contribution in [1.82, 2.24) is 9.97 Å². The van der Waals surface area contributed by atoms with Crippen LogP contribution in [0.25, 0.3) is 0 Å². The van der Waals surface area contributed by atoms with E-state index in [1.807, 2.05) is 0 Å². The van der Waals surface area contributed by atoms with Gasteiger partial charge in [0.15, 0.2) is 11.4 Å². The number of carbonyl (C=O) groups excluding carboxylic acids is 2. The molecule has 118 valence electrons. The van der Waals surface area contributed by atoms with Gasteiger partial charge in [-0.05, 0) is 18.2 Å². The standard InChI is InChI=1S/C14H10ClN3O5/c1-23-14(22)8-6-7(15)2-3-9(8)18-12(19)10-11(13(20)21)17-5-4-16-10/h2-6H,1H3,(H,18,19)(H,20,21). The third-order valence-corrected chi connectivity index (χ3v) is 2.99. The number of carboxylic acids is 1. The maximum Gasteiger partial charge on any atom is 0.356 e. The van der Waals surface area contributed by atoms with Crippen LogP contribution in [-0.4, -0.2) is 40.0 Å². The molecule has 1 aromatic carbocycles. The smallest absolute Gasteiger partial charge is 0.356 e. The Morgan fingerprint density at radius 2 is 1.83 bits per heavy atom. The Hall–Kier alpha value is -3.00. The normalized spacial score (nSPS) is 10.0. The number of benzene rings is 1. The second-order valence-corrected chi connectivity index (χ2v) is 4.63. The van der Waals surface area contributed by atoms with Gasteiger partial charge >= 0.3 is 11.9 Å². The van der Waals surface area contributed by atoms with Gasteiger partial charge in [-0.2, -0.15) is 0 Å². The van der Waals surface area contributed by atoms with E-state index in [0.29, 0.717) is 0 Å². The van der Waals surface area contributed by atoms with Gasteiger partial charge in [0.1, 0.15) is 0 Å². The number of hydrogen-bond acceptors (Lipinski definition) is 6. The molecule has 0 aliphatic carbocycles. The monoisotopic (exact) mass is 335 g/mol. The van der Waals surface area contributed by atoms with E-state index in [0.717, 1.165) is 6.20 Å². The van der Waals surface area contributed by atoms with Crippen molar-refractivity contribution >= 4 is 35.1 Å². The number of rotatable bonds is 4. The third-order valence-electron chi connectivity index (χ3n) is 2.75. The summed E-state index contributed by atoms with van der Waals surface area (Å²) < 4.78 is 4.61. The summed E-state index contributed by atoms with van der Waals surface area (Å²) in [6.07, 6.45) is 2.34. The quantitative estimate of drug-likeness (QED) is 0.818. The predicted molar refractivity (Wildman–Crippen MR) is 79.7 cm³/mol. The summed E-state index contributed by atoms with van der Waals surface area (Å²) in [6, 6.07) is 4.17. The lowest BCUT2D eigenvalue weighted by Gasteiger charge is -2.10. The minimum absolute atomic E-state index is 0.0223. The summed E-state index contributed by atoms with van der Waals surface area (Å²) in [4.78, 5) is 42.3. The second-order valence-electron chi connectivity index (χ2n) is 4.19. The molecule has 0 radical (unpaired) electrons. The molecule has 0 aliphatic heterocycles. The largest absolute Gasteiger partial charge is 0.476 e. The SMILES string of the molecule is COC(=O)c1cc(Cl)ccc1NC(=O)c1nccnc1C(=O)O. The molecule has 0 saturated heterocycles. The van der Waals surface area contributed by atoms with Gasteiger partial charge in [-0.15, -0.1) is 0 Å². The van der Waals surface area contributed by atoms with E-state index >= 15 is 0 Å². The van der Waals surface area contributed by atoms with E-state index in [4.69, 9.17) is 16.7 Å². The predicted octanol–water partition coefficient (Wildman–Crippen LogP) is 1.87. The van der Waals surface area contributed by atoms with Gasteiger partial charge in [0.2, 0.25) is 0 Å². The molecule has 0 unspecified atom stereocenters. The van der Waals surface area contributed by atoms with E-state index in [9.17, 15) is 14.4 Å². The van der Waals surface area contributed by atoms with Crippen molar-refractivity contribution in [2.24, 2.45) is 0 Å². The number of esters is 1. The minimum atomic E-state index is -1.40. The molecule has 1 aromatic heterocycles. The number of hydrogen-bond donors (Lipinski definition) is 2. The van der Waals surface area contributed by atoms with Crippen molar-refractivity contribution in [2.75, 3.05) is 12.4 Å². The second kappa shape index (κ2) is 6.84. The molecule has 0 atom stereocenters. The molecule has 1 amide bonds. The van der Waals surface area contributed by atoms with E-state index in [1.54, 1.807) is 0 Å². The Kier molecular flexibility index (Phi) is 4.87.